The summed E-state index contributed by atoms with van der Waals surface area (Å²) in [5.74, 6) is 0.475. The van der Waals surface area contributed by atoms with E-state index in [-0.39, 0.29) is 62.1 Å². The summed E-state index contributed by atoms with van der Waals surface area (Å²) in [7, 11) is 3.56. The van der Waals surface area contributed by atoms with Crippen LogP contribution in [-0.2, 0) is 43.3 Å². The van der Waals surface area contributed by atoms with Crippen LogP contribution in [-0.4, -0.2) is 119 Å². The lowest BCUT2D eigenvalue weighted by Crippen LogP contribution is -2.60. The molecule has 27 heteroatoms. The Hall–Kier alpha value is -6.88. The van der Waals surface area contributed by atoms with E-state index >= 15 is 0 Å². The molecule has 4 saturated heterocycles. The molecule has 10 heterocycles. The van der Waals surface area contributed by atoms with Crippen molar-refractivity contribution in [2.24, 2.45) is 32.3 Å². The van der Waals surface area contributed by atoms with Gasteiger partial charge < -0.3 is 4.74 Å². The predicted molar refractivity (Wildman–Crippen MR) is 304 cm³/mol. The van der Waals surface area contributed by atoms with Gasteiger partial charge in [0.15, 0.2) is 6.79 Å². The first-order chi connectivity index (χ1) is 40.8. The quantitative estimate of drug-likeness (QED) is 0.0924. The van der Waals surface area contributed by atoms with Crippen molar-refractivity contribution in [1.29, 1.82) is 0 Å². The second-order valence-corrected chi connectivity index (χ2v) is 25.1. The second kappa shape index (κ2) is 22.8. The third-order valence-corrected chi connectivity index (χ3v) is 20.1. The number of nitrogens with zero attached hydrogens (tertiary/aromatic N) is 13. The van der Waals surface area contributed by atoms with Gasteiger partial charge in [-0.3, -0.25) is 28.2 Å². The number of hydrogen-bond donors (Lipinski definition) is 1. The van der Waals surface area contributed by atoms with Crippen LogP contribution < -0.4 is 16.8 Å². The Bertz CT molecular complexity index is 3810. The number of halogens is 6. The molecular formula is C58H68F6N14O6S+2. The Morgan fingerprint density at radius 2 is 1.19 bits per heavy atom. The molecule has 85 heavy (non-hydrogen) atoms. The monoisotopic (exact) mass is 1200 g/mol. The van der Waals surface area contributed by atoms with E-state index in [4.69, 9.17) is 13.1 Å². The Kier molecular flexibility index (Phi) is 15.7. The smallest absolute Gasteiger partial charge is 0.377 e. The number of nitrogens with one attached hydrogen (secondary N) is 1. The third-order valence-electron chi connectivity index (χ3n) is 17.3. The molecule has 0 unspecified atom stereocenters. The van der Waals surface area contributed by atoms with E-state index in [0.717, 1.165) is 95.9 Å². The molecule has 6 aliphatic heterocycles. The summed E-state index contributed by atoms with van der Waals surface area (Å²) in [4.78, 5) is 39.5. The molecule has 2 atom stereocenters. The van der Waals surface area contributed by atoms with E-state index in [0.29, 0.717) is 48.5 Å². The van der Waals surface area contributed by atoms with Gasteiger partial charge in [0.05, 0.1) is 94.9 Å². The summed E-state index contributed by atoms with van der Waals surface area (Å²) in [6.45, 7) is 6.33. The van der Waals surface area contributed by atoms with Gasteiger partial charge in [0.1, 0.15) is 0 Å². The summed E-state index contributed by atoms with van der Waals surface area (Å²) in [6.07, 6.45) is 8.56. The number of hydrazine groups is 1. The number of alkyl halides is 6. The maximum Gasteiger partial charge on any atom is 0.418 e. The molecule has 20 nitrogen and oxygen atoms in total. The lowest BCUT2D eigenvalue weighted by molar-refractivity contribution is -0.480. The molecule has 2 radical (unpaired) electrons. The van der Waals surface area contributed by atoms with Crippen LogP contribution in [0.1, 0.15) is 112 Å². The van der Waals surface area contributed by atoms with E-state index < -0.39 is 51.4 Å². The van der Waals surface area contributed by atoms with Crippen LogP contribution in [0, 0.1) is 24.2 Å². The molecule has 6 fully saturated rings. The van der Waals surface area contributed by atoms with Gasteiger partial charge in [0.2, 0.25) is 5.91 Å². The minimum Gasteiger partial charge on any atom is -0.377 e. The highest BCUT2D eigenvalue weighted by Gasteiger charge is 2.52. The van der Waals surface area contributed by atoms with Crippen molar-refractivity contribution in [3.63, 3.8) is 0 Å². The Morgan fingerprint density at radius 1 is 0.694 bits per heavy atom. The van der Waals surface area contributed by atoms with Crippen LogP contribution in [0.15, 0.2) is 115 Å². The minimum atomic E-state index is -4.70. The summed E-state index contributed by atoms with van der Waals surface area (Å²) < 4.78 is 115. The fourth-order valence-corrected chi connectivity index (χ4v) is 14.9. The van der Waals surface area contributed by atoms with Gasteiger partial charge in [-0.15, -0.1) is 0 Å². The number of likely N-dealkylation sites (N-methyl/N-ethyl adjacent to an activating group) is 2. The first kappa shape index (κ1) is 58.5. The van der Waals surface area contributed by atoms with E-state index in [9.17, 15) is 40.7 Å². The largest absolute Gasteiger partial charge is 0.418 e. The minimum absolute atomic E-state index is 0. The number of azo groups is 2. The molecule has 0 bridgehead atoms. The number of benzene rings is 2. The van der Waals surface area contributed by atoms with Crippen molar-refractivity contribution in [2.45, 2.75) is 108 Å². The molecule has 2 spiro atoms. The third kappa shape index (κ3) is 10.7. The van der Waals surface area contributed by atoms with Gasteiger partial charge in [0.25, 0.3) is 0 Å². The van der Waals surface area contributed by atoms with Crippen LogP contribution in [0.5, 0.6) is 0 Å². The molecule has 1 N–H and O–H groups in total. The van der Waals surface area contributed by atoms with Crippen molar-refractivity contribution in [2.75, 3.05) is 54.2 Å². The molecule has 452 valence electrons. The number of carbonyl (C=O) groups is 1. The fourth-order valence-electron chi connectivity index (χ4n) is 12.6. The highest BCUT2D eigenvalue weighted by atomic mass is 32.3. The highest BCUT2D eigenvalue weighted by molar-refractivity contribution is 8.22. The predicted octanol–water partition coefficient (Wildman–Crippen LogP) is 10.1. The maximum absolute atomic E-state index is 14.4. The van der Waals surface area contributed by atoms with Crippen molar-refractivity contribution in [3.8, 4) is 11.4 Å². The van der Waals surface area contributed by atoms with Gasteiger partial charge in [-0.2, -0.15) is 35.0 Å². The SMILES string of the molecule is CC.CN1CCCN(Cc2cc(C(F)(F)F)c3cn(-c4cccc([C@H]([C]5N=NC=[N+]5C)C5CCC5)c4)c(=O)n3c2)S12OCO2.C[N+]1=CN=N[C]1[C@@H](c1cccc(-n2cc3c(C(F)(F)F)cc(CN4NC(=O)CC45COC5)cn3c2=O)c1)C1CCC1.[HH]. The highest BCUT2D eigenvalue weighted by Crippen LogP contribution is 2.64. The number of hydrogen-bond acceptors (Lipinski definition) is 13. The average molecular weight is 1200 g/mol. The number of aromatic nitrogens is 4. The lowest BCUT2D eigenvalue weighted by atomic mass is 9.71. The van der Waals surface area contributed by atoms with Gasteiger partial charge in [-0.25, -0.2) is 32.1 Å². The fraction of sp³-hybridized carbons (Fsp3) is 0.466. The Labute approximate surface area is 488 Å². The van der Waals surface area contributed by atoms with Crippen LogP contribution in [0.2, 0.25) is 0 Å². The zero-order valence-electron chi connectivity index (χ0n) is 47.6. The zero-order valence-corrected chi connectivity index (χ0v) is 48.4. The van der Waals surface area contributed by atoms with Crippen LogP contribution in [0.3, 0.4) is 0 Å². The van der Waals surface area contributed by atoms with Gasteiger partial charge >= 0.3 is 48.7 Å². The summed E-state index contributed by atoms with van der Waals surface area (Å²) in [6, 6.07) is 17.0. The zero-order chi connectivity index (χ0) is 59.7. The van der Waals surface area contributed by atoms with Crippen molar-refractivity contribution < 1.29 is 54.8 Å². The lowest BCUT2D eigenvalue weighted by Gasteiger charge is -2.61. The Balaban J connectivity index is 0.000000172. The molecule has 2 aromatic carbocycles. The summed E-state index contributed by atoms with van der Waals surface area (Å²) >= 11 is 0. The summed E-state index contributed by atoms with van der Waals surface area (Å²) in [5, 5.41) is 18.4. The molecule has 1 amide bonds. The number of amides is 1. The van der Waals surface area contributed by atoms with Gasteiger partial charge in [0, 0.05) is 59.4 Å². The second-order valence-electron chi connectivity index (χ2n) is 22.6. The van der Waals surface area contributed by atoms with E-state index in [1.54, 1.807) is 29.8 Å². The topological polar surface area (TPSA) is 175 Å². The van der Waals surface area contributed by atoms with Crippen LogP contribution in [0.25, 0.3) is 22.4 Å². The van der Waals surface area contributed by atoms with Gasteiger partial charge in [-0.1, -0.05) is 61.9 Å². The molecule has 4 aromatic heterocycles. The number of rotatable bonds is 12. The van der Waals surface area contributed by atoms with E-state index in [1.807, 2.05) is 89.2 Å². The van der Waals surface area contributed by atoms with Crippen molar-refractivity contribution in [3.05, 3.63) is 152 Å². The number of carbonyl (C=O) groups excluding carboxylic acids is 1. The van der Waals surface area contributed by atoms with Crippen molar-refractivity contribution in [1.82, 2.24) is 37.0 Å². The molecular weight excluding hydrogens is 1130 g/mol. The first-order valence-electron chi connectivity index (χ1n) is 28.6. The number of imidazole rings is 2. The molecule has 14 rings (SSSR count). The van der Waals surface area contributed by atoms with Gasteiger partial charge in [-0.05, 0) is 113 Å². The number of fused-ring (bicyclic) bond motifs is 2. The summed E-state index contributed by atoms with van der Waals surface area (Å²) in [5.41, 5.74) is 2.21. The van der Waals surface area contributed by atoms with Crippen LogP contribution in [0.4, 0.5) is 26.3 Å². The average Bonchev–Trinajstić information content (AvgIpc) is 1.99. The molecule has 8 aliphatic rings. The number of pyridine rings is 2. The van der Waals surface area contributed by atoms with E-state index in [1.165, 1.54) is 33.9 Å². The first-order valence-corrected chi connectivity index (χ1v) is 30.0. The standard InChI is InChI=1S/C28H32F3N7O3S.C28H28F3N7O3.C2H6.H2/c1-34-17-32-33-26(34)25(20-6-3-7-20)21-8-4-9-22(13-21)37-16-24-23(28(29,30)31)12-19(15-38(24)27(37)39)14-36-11-5-10-35(2)42(36)40-18-41-42;1-35-16-32-33-25(35)24(18-4-2-5-18)19-6-3-7-20(9-19)36-13-22-21(28(29,30)31)8-17(11-37(22)26(36)40)12-38-27(14-41-15-27)10-23(39)34-38;1-2;/h4,8-9,12-13,15-17,20,25H,3,5-7,10-11,14,18H2,1-2H3;3,6-9,11,13,16,18,24H,2,4-5,10,12,14-15H2,1H3,(H,34,39);1-2H3;1H/q2*+1;;/t25-;24-;;/m11../s1. The molecule has 2 saturated carbocycles. The molecule has 6 aromatic rings. The van der Waals surface area contributed by atoms with Crippen LogP contribution >= 0.6 is 11.0 Å². The van der Waals surface area contributed by atoms with Crippen molar-refractivity contribution >= 4 is 40.6 Å². The molecule has 2 aliphatic carbocycles. The normalized spacial score (nSPS) is 22.0. The van der Waals surface area contributed by atoms with E-state index in [2.05, 4.69) is 25.9 Å². The maximum atomic E-state index is 14.4. The Morgan fingerprint density at radius 3 is 1.59 bits per heavy atom. The number of ether oxygens (including phenoxy) is 1.